The van der Waals surface area contributed by atoms with Crippen molar-refractivity contribution in [3.05, 3.63) is 64.0 Å². The van der Waals surface area contributed by atoms with Crippen molar-refractivity contribution in [2.24, 2.45) is 0 Å². The number of carbonyl (C=O) groups is 1. The molecule has 0 aliphatic carbocycles. The zero-order valence-electron chi connectivity index (χ0n) is 17.5. The first-order valence-electron chi connectivity index (χ1n) is 10.8. The van der Waals surface area contributed by atoms with E-state index in [-0.39, 0.29) is 18.0 Å². The van der Waals surface area contributed by atoms with E-state index >= 15 is 0 Å². The van der Waals surface area contributed by atoms with E-state index < -0.39 is 4.92 Å². The van der Waals surface area contributed by atoms with E-state index in [0.717, 1.165) is 49.4 Å². The fourth-order valence-electron chi connectivity index (χ4n) is 4.23. The lowest BCUT2D eigenvalue weighted by Gasteiger charge is -2.18. The lowest BCUT2D eigenvalue weighted by atomic mass is 10.1. The normalized spacial score (nSPS) is 15.0. The molecule has 0 saturated carbocycles. The molecule has 2 aliphatic rings. The van der Waals surface area contributed by atoms with Crippen LogP contribution < -0.4 is 14.0 Å². The summed E-state index contributed by atoms with van der Waals surface area (Å²) < 4.78 is 15.1. The number of hydrogen-bond donors (Lipinski definition) is 0. The number of nitrogens with zero attached hydrogens (tertiary/aromatic N) is 4. The number of rotatable bonds is 5. The number of Topliss-reactive ketones (excluding diaryl/α,β-unsaturated/α-hetero) is 1. The van der Waals surface area contributed by atoms with Crippen LogP contribution in [0.4, 0.5) is 5.69 Å². The monoisotopic (exact) mass is 435 g/mol. The van der Waals surface area contributed by atoms with E-state index in [2.05, 4.69) is 4.57 Å². The molecule has 2 aliphatic heterocycles. The second-order valence-electron chi connectivity index (χ2n) is 7.95. The van der Waals surface area contributed by atoms with Crippen molar-refractivity contribution < 1.29 is 23.8 Å². The van der Waals surface area contributed by atoms with Gasteiger partial charge in [-0.15, -0.1) is 4.68 Å². The van der Waals surface area contributed by atoms with Gasteiger partial charge in [-0.25, -0.2) is 4.57 Å². The molecule has 164 valence electrons. The maximum absolute atomic E-state index is 13.1. The highest BCUT2D eigenvalue weighted by Gasteiger charge is 2.30. The van der Waals surface area contributed by atoms with E-state index in [4.69, 9.17) is 14.6 Å². The van der Waals surface area contributed by atoms with E-state index in [9.17, 15) is 14.9 Å². The summed E-state index contributed by atoms with van der Waals surface area (Å²) >= 11 is 0. The second kappa shape index (κ2) is 8.41. The summed E-state index contributed by atoms with van der Waals surface area (Å²) in [5, 5.41) is 15.8. The molecule has 0 radical (unpaired) electrons. The predicted octanol–water partition coefficient (Wildman–Crippen LogP) is 3.13. The Bertz CT molecular complexity index is 1190. The molecular formula is C23H23N4O5+. The third-order valence-electron chi connectivity index (χ3n) is 5.86. The van der Waals surface area contributed by atoms with Crippen LogP contribution >= 0.6 is 0 Å². The van der Waals surface area contributed by atoms with Crippen LogP contribution in [0.2, 0.25) is 0 Å². The molecule has 0 amide bonds. The SMILES string of the molecule is O=C(Cn1nc(-c2ccc([N+](=O)[O-])cc2)[n+]2c1CCCCC2)c1ccc2c(c1)OCCO2. The Morgan fingerprint density at radius 2 is 1.84 bits per heavy atom. The molecule has 3 aromatic rings. The molecule has 0 N–H and O–H groups in total. The number of aromatic nitrogens is 3. The fourth-order valence-corrected chi connectivity index (χ4v) is 4.23. The van der Waals surface area contributed by atoms with Crippen molar-refractivity contribution in [3.8, 4) is 22.9 Å². The molecule has 0 saturated heterocycles. The number of benzene rings is 2. The molecule has 3 heterocycles. The fraction of sp³-hybridized carbons (Fsp3) is 0.348. The zero-order valence-corrected chi connectivity index (χ0v) is 17.5. The molecule has 2 aromatic carbocycles. The van der Waals surface area contributed by atoms with Gasteiger partial charge in [-0.1, -0.05) is 0 Å². The Hall–Kier alpha value is -3.75. The molecule has 9 nitrogen and oxygen atoms in total. The van der Waals surface area contributed by atoms with Crippen molar-refractivity contribution >= 4 is 11.5 Å². The van der Waals surface area contributed by atoms with Gasteiger partial charge in [-0.3, -0.25) is 14.9 Å². The van der Waals surface area contributed by atoms with Crippen LogP contribution in [-0.2, 0) is 19.5 Å². The number of ketones is 1. The summed E-state index contributed by atoms with van der Waals surface area (Å²) in [6.45, 7) is 1.89. The van der Waals surface area contributed by atoms with Gasteiger partial charge in [-0.05, 0) is 49.6 Å². The standard InChI is InChI=1S/C23H23N4O5/c28-19(17-7-10-20-21(14-17)32-13-12-31-20)15-26-22-4-2-1-3-11-25(22)23(24-26)16-5-8-18(9-6-16)27(29)30/h5-10,14H,1-4,11-13,15H2/q+1. The molecule has 32 heavy (non-hydrogen) atoms. The van der Waals surface area contributed by atoms with Gasteiger partial charge in [0, 0.05) is 29.2 Å². The number of nitro benzene ring substituents is 1. The highest BCUT2D eigenvalue weighted by Crippen LogP contribution is 2.31. The summed E-state index contributed by atoms with van der Waals surface area (Å²) in [5.74, 6) is 2.90. The Kier molecular flexibility index (Phi) is 5.30. The first kappa shape index (κ1) is 20.2. The summed E-state index contributed by atoms with van der Waals surface area (Å²) in [5.41, 5.74) is 1.39. The van der Waals surface area contributed by atoms with Gasteiger partial charge < -0.3 is 9.47 Å². The van der Waals surface area contributed by atoms with E-state index in [0.29, 0.717) is 30.3 Å². The topological polar surface area (TPSA) is 100 Å². The van der Waals surface area contributed by atoms with E-state index in [1.165, 1.54) is 12.1 Å². The highest BCUT2D eigenvalue weighted by molar-refractivity contribution is 5.96. The molecule has 0 spiro atoms. The summed E-state index contributed by atoms with van der Waals surface area (Å²) in [6, 6.07) is 11.6. The third-order valence-corrected chi connectivity index (χ3v) is 5.86. The number of non-ortho nitro benzene ring substituents is 1. The van der Waals surface area contributed by atoms with Crippen LogP contribution in [0.1, 0.15) is 35.4 Å². The van der Waals surface area contributed by atoms with Gasteiger partial charge in [-0.2, -0.15) is 0 Å². The molecule has 0 fully saturated rings. The highest BCUT2D eigenvalue weighted by atomic mass is 16.6. The molecular weight excluding hydrogens is 412 g/mol. The quantitative estimate of drug-likeness (QED) is 0.264. The maximum atomic E-state index is 13.1. The third kappa shape index (κ3) is 3.81. The van der Waals surface area contributed by atoms with Gasteiger partial charge in [0.2, 0.25) is 11.6 Å². The minimum Gasteiger partial charge on any atom is -0.486 e. The van der Waals surface area contributed by atoms with Crippen LogP contribution in [0.15, 0.2) is 42.5 Å². The summed E-state index contributed by atoms with van der Waals surface area (Å²) in [6.07, 6.45) is 3.99. The van der Waals surface area contributed by atoms with Gasteiger partial charge in [0.15, 0.2) is 18.0 Å². The number of ether oxygens (including phenoxy) is 2. The predicted molar refractivity (Wildman–Crippen MR) is 114 cm³/mol. The van der Waals surface area contributed by atoms with Crippen molar-refractivity contribution in [1.82, 2.24) is 9.78 Å². The number of nitro groups is 1. The molecule has 0 bridgehead atoms. The van der Waals surface area contributed by atoms with Crippen molar-refractivity contribution in [1.29, 1.82) is 0 Å². The van der Waals surface area contributed by atoms with Crippen molar-refractivity contribution in [2.75, 3.05) is 13.2 Å². The average molecular weight is 435 g/mol. The maximum Gasteiger partial charge on any atom is 0.309 e. The first-order valence-corrected chi connectivity index (χ1v) is 10.8. The number of carbonyl (C=O) groups excluding carboxylic acids is 1. The Morgan fingerprint density at radius 3 is 2.62 bits per heavy atom. The zero-order chi connectivity index (χ0) is 22.1. The minimum absolute atomic E-state index is 0.0399. The van der Waals surface area contributed by atoms with Crippen molar-refractivity contribution in [3.63, 3.8) is 0 Å². The van der Waals surface area contributed by atoms with Crippen LogP contribution in [-0.4, -0.2) is 33.7 Å². The Balaban J connectivity index is 1.47. The molecule has 0 atom stereocenters. The Morgan fingerprint density at radius 1 is 1.06 bits per heavy atom. The van der Waals surface area contributed by atoms with Crippen LogP contribution in [0.5, 0.6) is 11.5 Å². The smallest absolute Gasteiger partial charge is 0.309 e. The first-order chi connectivity index (χ1) is 15.6. The largest absolute Gasteiger partial charge is 0.486 e. The van der Waals surface area contributed by atoms with Gasteiger partial charge in [0.05, 0.1) is 17.0 Å². The van der Waals surface area contributed by atoms with E-state index in [1.54, 1.807) is 35.0 Å². The lowest BCUT2D eigenvalue weighted by Crippen LogP contribution is -2.38. The van der Waals surface area contributed by atoms with Crippen molar-refractivity contribution in [2.45, 2.75) is 38.8 Å². The summed E-state index contributed by atoms with van der Waals surface area (Å²) in [7, 11) is 0. The van der Waals surface area contributed by atoms with E-state index in [1.807, 2.05) is 0 Å². The van der Waals surface area contributed by atoms with Gasteiger partial charge in [0.25, 0.3) is 5.69 Å². The summed E-state index contributed by atoms with van der Waals surface area (Å²) in [4.78, 5) is 23.7. The van der Waals surface area contributed by atoms with Crippen LogP contribution in [0, 0.1) is 10.1 Å². The molecule has 5 rings (SSSR count). The molecule has 1 aromatic heterocycles. The lowest BCUT2D eigenvalue weighted by molar-refractivity contribution is -0.693. The molecule has 9 heteroatoms. The number of fused-ring (bicyclic) bond motifs is 2. The average Bonchev–Trinajstić information content (AvgIpc) is 2.98. The minimum atomic E-state index is -0.415. The Labute approximate surface area is 184 Å². The number of hydrogen-bond acceptors (Lipinski definition) is 6. The van der Waals surface area contributed by atoms with Crippen LogP contribution in [0.25, 0.3) is 11.4 Å². The van der Waals surface area contributed by atoms with Gasteiger partial charge >= 0.3 is 5.82 Å². The second-order valence-corrected chi connectivity index (χ2v) is 7.95. The molecule has 0 unspecified atom stereocenters. The van der Waals surface area contributed by atoms with Gasteiger partial charge in [0.1, 0.15) is 13.2 Å². The van der Waals surface area contributed by atoms with Crippen LogP contribution in [0.3, 0.4) is 0 Å².